The molecule has 4 N–H and O–H groups in total. The first-order valence-electron chi connectivity index (χ1n) is 14.3. The van der Waals surface area contributed by atoms with Crippen LogP contribution in [0.4, 0.5) is 5.69 Å². The zero-order valence-electron chi connectivity index (χ0n) is 24.0. The van der Waals surface area contributed by atoms with Crippen LogP contribution in [0.15, 0.2) is 133 Å². The fourth-order valence-corrected chi connectivity index (χ4v) is 5.64. The van der Waals surface area contributed by atoms with Crippen LogP contribution in [0, 0.1) is 6.92 Å². The van der Waals surface area contributed by atoms with E-state index in [4.69, 9.17) is 15.2 Å². The Morgan fingerprint density at radius 3 is 1.25 bits per heavy atom. The number of aryl methyl sites for hydroxylation is 1. The fraction of sp³-hybridized carbons (Fsp3) is 0.0256. The SMILES string of the molecule is Cc1ccc(Oc2ccc(-c3c4ccccc4c(-c4ccc(Oc5ccc(N)c(O)c5)cc4)c4ccccc34)cc2)cc1O. The molecule has 7 aromatic rings. The zero-order valence-corrected chi connectivity index (χ0v) is 24.0. The largest absolute Gasteiger partial charge is 0.508 e. The lowest BCUT2D eigenvalue weighted by Gasteiger charge is -2.18. The number of phenolic OH excluding ortho intramolecular Hbond substituents is 2. The van der Waals surface area contributed by atoms with Gasteiger partial charge in [-0.2, -0.15) is 0 Å². The molecule has 0 aliphatic rings. The van der Waals surface area contributed by atoms with Gasteiger partial charge in [-0.3, -0.25) is 0 Å². The number of rotatable bonds is 6. The summed E-state index contributed by atoms with van der Waals surface area (Å²) >= 11 is 0. The standard InChI is InChI=1S/C39H29NO4/c1-24-10-15-29(22-36(24)41)43-27-16-11-25(12-17-27)38-31-6-2-4-8-33(31)39(34-9-5-3-7-32(34)38)26-13-18-28(19-14-26)44-30-20-21-35(40)37(42)23-30/h2-23,41-42H,40H2,1H3. The highest BCUT2D eigenvalue weighted by Crippen LogP contribution is 2.44. The minimum atomic E-state index is -0.00845. The second kappa shape index (κ2) is 11.0. The van der Waals surface area contributed by atoms with Crippen LogP contribution in [0.1, 0.15) is 5.56 Å². The maximum atomic E-state index is 10.1. The minimum Gasteiger partial charge on any atom is -0.508 e. The fourth-order valence-electron chi connectivity index (χ4n) is 5.64. The molecule has 0 spiro atoms. The van der Waals surface area contributed by atoms with Crippen molar-refractivity contribution in [2.24, 2.45) is 0 Å². The average Bonchev–Trinajstić information content (AvgIpc) is 3.04. The molecule has 0 aromatic heterocycles. The van der Waals surface area contributed by atoms with Gasteiger partial charge in [-0.15, -0.1) is 0 Å². The molecule has 0 heterocycles. The summed E-state index contributed by atoms with van der Waals surface area (Å²) in [4.78, 5) is 0. The van der Waals surface area contributed by atoms with Crippen molar-refractivity contribution in [2.75, 3.05) is 5.73 Å². The summed E-state index contributed by atoms with van der Waals surface area (Å²) in [5, 5.41) is 24.6. The van der Waals surface area contributed by atoms with Crippen LogP contribution in [0.3, 0.4) is 0 Å². The van der Waals surface area contributed by atoms with Gasteiger partial charge in [0, 0.05) is 12.1 Å². The molecule has 0 unspecified atom stereocenters. The first kappa shape index (κ1) is 26.9. The number of nitrogens with two attached hydrogens (primary N) is 1. The number of nitrogen functional groups attached to an aromatic ring is 1. The number of aromatic hydroxyl groups is 2. The molecule has 5 heteroatoms. The number of hydrogen-bond donors (Lipinski definition) is 3. The second-order valence-corrected chi connectivity index (χ2v) is 10.8. The van der Waals surface area contributed by atoms with Crippen molar-refractivity contribution >= 4 is 27.2 Å². The summed E-state index contributed by atoms with van der Waals surface area (Å²) in [5.74, 6) is 2.65. The van der Waals surface area contributed by atoms with Crippen molar-refractivity contribution in [1.82, 2.24) is 0 Å². The van der Waals surface area contributed by atoms with Crippen molar-refractivity contribution in [3.05, 3.63) is 139 Å². The summed E-state index contributed by atoms with van der Waals surface area (Å²) in [6.07, 6.45) is 0. The van der Waals surface area contributed by atoms with E-state index in [0.29, 0.717) is 28.7 Å². The Hall–Kier alpha value is -5.94. The zero-order chi connectivity index (χ0) is 30.2. The van der Waals surface area contributed by atoms with Gasteiger partial charge in [-0.1, -0.05) is 78.9 Å². The number of fused-ring (bicyclic) bond motifs is 2. The Kier molecular flexibility index (Phi) is 6.76. The molecule has 0 saturated heterocycles. The molecular weight excluding hydrogens is 546 g/mol. The summed E-state index contributed by atoms with van der Waals surface area (Å²) in [5.41, 5.74) is 11.3. The van der Waals surface area contributed by atoms with Gasteiger partial charge >= 0.3 is 0 Å². The van der Waals surface area contributed by atoms with E-state index in [1.165, 1.54) is 6.07 Å². The van der Waals surface area contributed by atoms with Crippen LogP contribution in [-0.2, 0) is 0 Å². The van der Waals surface area contributed by atoms with Crippen molar-refractivity contribution in [3.63, 3.8) is 0 Å². The Balaban J connectivity index is 1.29. The molecule has 0 aliphatic carbocycles. The van der Waals surface area contributed by atoms with E-state index < -0.39 is 0 Å². The maximum Gasteiger partial charge on any atom is 0.142 e. The summed E-state index contributed by atoms with van der Waals surface area (Å²) in [6.45, 7) is 1.85. The molecule has 214 valence electrons. The van der Waals surface area contributed by atoms with Crippen LogP contribution in [-0.4, -0.2) is 10.2 Å². The Labute approximate surface area is 255 Å². The highest BCUT2D eigenvalue weighted by molar-refractivity contribution is 6.21. The molecule has 0 atom stereocenters. The van der Waals surface area contributed by atoms with Crippen molar-refractivity contribution in [1.29, 1.82) is 0 Å². The number of benzene rings is 7. The van der Waals surface area contributed by atoms with E-state index >= 15 is 0 Å². The molecule has 5 nitrogen and oxygen atoms in total. The Morgan fingerprint density at radius 1 is 0.455 bits per heavy atom. The smallest absolute Gasteiger partial charge is 0.142 e. The molecule has 0 saturated carbocycles. The van der Waals surface area contributed by atoms with Gasteiger partial charge in [0.25, 0.3) is 0 Å². The number of ether oxygens (including phenoxy) is 2. The summed E-state index contributed by atoms with van der Waals surface area (Å²) in [7, 11) is 0. The predicted molar refractivity (Wildman–Crippen MR) is 178 cm³/mol. The number of anilines is 1. The average molecular weight is 576 g/mol. The highest BCUT2D eigenvalue weighted by Gasteiger charge is 2.17. The molecule has 0 aliphatic heterocycles. The third-order valence-corrected chi connectivity index (χ3v) is 7.87. The lowest BCUT2D eigenvalue weighted by atomic mass is 9.86. The minimum absolute atomic E-state index is 0.00845. The van der Waals surface area contributed by atoms with Gasteiger partial charge in [0.05, 0.1) is 5.69 Å². The molecular formula is C39H29NO4. The van der Waals surface area contributed by atoms with Crippen LogP contribution >= 0.6 is 0 Å². The van der Waals surface area contributed by atoms with Gasteiger partial charge < -0.3 is 25.4 Å². The van der Waals surface area contributed by atoms with E-state index in [9.17, 15) is 10.2 Å². The third kappa shape index (κ3) is 5.01. The van der Waals surface area contributed by atoms with Crippen LogP contribution in [0.25, 0.3) is 43.8 Å². The second-order valence-electron chi connectivity index (χ2n) is 10.8. The highest BCUT2D eigenvalue weighted by atomic mass is 16.5. The molecule has 0 bridgehead atoms. The van der Waals surface area contributed by atoms with E-state index in [0.717, 1.165) is 49.4 Å². The molecule has 0 radical (unpaired) electrons. The van der Waals surface area contributed by atoms with E-state index in [1.807, 2.05) is 43.3 Å². The van der Waals surface area contributed by atoms with Gasteiger partial charge in [-0.05, 0) is 98.8 Å². The molecule has 0 amide bonds. The molecule has 7 aromatic carbocycles. The Morgan fingerprint density at radius 2 is 0.841 bits per heavy atom. The monoisotopic (exact) mass is 575 g/mol. The van der Waals surface area contributed by atoms with E-state index in [2.05, 4.69) is 72.8 Å². The molecule has 7 rings (SSSR count). The van der Waals surface area contributed by atoms with Crippen molar-refractivity contribution in [3.8, 4) is 56.8 Å². The van der Waals surface area contributed by atoms with Crippen molar-refractivity contribution < 1.29 is 19.7 Å². The number of phenols is 2. The lowest BCUT2D eigenvalue weighted by molar-refractivity contribution is 0.452. The van der Waals surface area contributed by atoms with Gasteiger partial charge in [-0.25, -0.2) is 0 Å². The van der Waals surface area contributed by atoms with Crippen LogP contribution in [0.5, 0.6) is 34.5 Å². The normalized spacial score (nSPS) is 11.1. The van der Waals surface area contributed by atoms with Crippen LogP contribution in [0.2, 0.25) is 0 Å². The Bertz CT molecular complexity index is 1940. The number of hydrogen-bond acceptors (Lipinski definition) is 5. The lowest BCUT2D eigenvalue weighted by Crippen LogP contribution is -1.91. The quantitative estimate of drug-likeness (QED) is 0.104. The van der Waals surface area contributed by atoms with Crippen molar-refractivity contribution in [2.45, 2.75) is 6.92 Å². The van der Waals surface area contributed by atoms with Gasteiger partial charge in [0.2, 0.25) is 0 Å². The van der Waals surface area contributed by atoms with Gasteiger partial charge in [0.15, 0.2) is 0 Å². The summed E-state index contributed by atoms with van der Waals surface area (Å²) in [6, 6.07) is 43.2. The first-order chi connectivity index (χ1) is 21.4. The first-order valence-corrected chi connectivity index (χ1v) is 14.3. The van der Waals surface area contributed by atoms with Gasteiger partial charge in [0.1, 0.15) is 34.5 Å². The van der Waals surface area contributed by atoms with Crippen LogP contribution < -0.4 is 15.2 Å². The maximum absolute atomic E-state index is 10.1. The predicted octanol–water partition coefficient (Wildman–Crippen LogP) is 10.2. The van der Waals surface area contributed by atoms with E-state index in [-0.39, 0.29) is 11.5 Å². The molecule has 44 heavy (non-hydrogen) atoms. The summed E-state index contributed by atoms with van der Waals surface area (Å²) < 4.78 is 12.0. The third-order valence-electron chi connectivity index (χ3n) is 7.87. The topological polar surface area (TPSA) is 84.9 Å². The molecule has 0 fully saturated rings. The van der Waals surface area contributed by atoms with E-state index in [1.54, 1.807) is 18.2 Å².